The summed E-state index contributed by atoms with van der Waals surface area (Å²) in [5.41, 5.74) is 6.21. The Hall–Kier alpha value is -2.02. The molecule has 0 saturated heterocycles. The summed E-state index contributed by atoms with van der Waals surface area (Å²) in [7, 11) is 0. The van der Waals surface area contributed by atoms with Crippen LogP contribution in [-0.2, 0) is 4.74 Å². The molecule has 1 atom stereocenters. The third-order valence-electron chi connectivity index (χ3n) is 2.71. The normalized spacial score (nSPS) is 12.6. The first-order chi connectivity index (χ1) is 9.13. The van der Waals surface area contributed by atoms with Crippen LogP contribution in [0.1, 0.15) is 19.9 Å². The van der Waals surface area contributed by atoms with Gasteiger partial charge in [-0.1, -0.05) is 0 Å². The van der Waals surface area contributed by atoms with Gasteiger partial charge in [0.05, 0.1) is 18.2 Å². The van der Waals surface area contributed by atoms with Crippen molar-refractivity contribution in [3.05, 3.63) is 24.0 Å². The fraction of sp³-hybridized carbons (Fsp3) is 0.417. The maximum Gasteiger partial charge on any atom is 0.185 e. The highest BCUT2D eigenvalue weighted by atomic mass is 19.1. The molecule has 0 bridgehead atoms. The summed E-state index contributed by atoms with van der Waals surface area (Å²) in [4.78, 5) is 0. The maximum atomic E-state index is 13.9. The van der Waals surface area contributed by atoms with Crippen molar-refractivity contribution < 1.29 is 9.13 Å². The number of halogens is 1. The molecule has 0 fully saturated rings. The van der Waals surface area contributed by atoms with Crippen LogP contribution >= 0.6 is 0 Å². The summed E-state index contributed by atoms with van der Waals surface area (Å²) in [5.74, 6) is -0.0793. The van der Waals surface area contributed by atoms with Crippen LogP contribution in [0, 0.1) is 5.82 Å². The molecule has 0 amide bonds. The molecule has 2 N–H and O–H groups in total. The van der Waals surface area contributed by atoms with Gasteiger partial charge in [0, 0.05) is 12.3 Å². The number of nitrogen functional groups attached to an aromatic ring is 1. The number of hydrogen-bond donors (Lipinski definition) is 1. The van der Waals surface area contributed by atoms with Crippen LogP contribution in [0.4, 0.5) is 10.1 Å². The van der Waals surface area contributed by atoms with Gasteiger partial charge in [0.1, 0.15) is 5.82 Å². The highest BCUT2D eigenvalue weighted by Gasteiger charge is 2.17. The molecule has 102 valence electrons. The van der Waals surface area contributed by atoms with Crippen LogP contribution in [0.2, 0.25) is 0 Å². The van der Waals surface area contributed by atoms with Gasteiger partial charge in [-0.2, -0.15) is 0 Å². The van der Waals surface area contributed by atoms with Gasteiger partial charge in [-0.05, 0) is 42.5 Å². The lowest BCUT2D eigenvalue weighted by Gasteiger charge is -2.13. The van der Waals surface area contributed by atoms with Crippen molar-refractivity contribution in [1.82, 2.24) is 20.2 Å². The predicted octanol–water partition coefficient (Wildman–Crippen LogP) is 1.66. The zero-order valence-electron chi connectivity index (χ0n) is 10.9. The Bertz CT molecular complexity index is 557. The van der Waals surface area contributed by atoms with Gasteiger partial charge < -0.3 is 10.5 Å². The monoisotopic (exact) mass is 265 g/mol. The molecule has 1 unspecified atom stereocenters. The largest absolute Gasteiger partial charge is 0.399 e. The van der Waals surface area contributed by atoms with E-state index in [2.05, 4.69) is 15.5 Å². The highest BCUT2D eigenvalue weighted by molar-refractivity contribution is 5.59. The van der Waals surface area contributed by atoms with E-state index >= 15 is 0 Å². The van der Waals surface area contributed by atoms with Crippen molar-refractivity contribution in [2.24, 2.45) is 0 Å². The number of rotatable bonds is 5. The quantitative estimate of drug-likeness (QED) is 0.832. The van der Waals surface area contributed by atoms with Crippen molar-refractivity contribution in [2.75, 3.05) is 18.9 Å². The third-order valence-corrected chi connectivity index (χ3v) is 2.71. The number of hydrogen-bond acceptors (Lipinski definition) is 5. The summed E-state index contributed by atoms with van der Waals surface area (Å²) >= 11 is 0. The van der Waals surface area contributed by atoms with Crippen molar-refractivity contribution in [3.63, 3.8) is 0 Å². The second-order valence-electron chi connectivity index (χ2n) is 4.19. The van der Waals surface area contributed by atoms with Crippen LogP contribution in [0.25, 0.3) is 11.4 Å². The molecule has 2 aromatic rings. The lowest BCUT2D eigenvalue weighted by molar-refractivity contribution is 0.115. The molecule has 0 aliphatic rings. The minimum absolute atomic E-state index is 0.0816. The fourth-order valence-electron chi connectivity index (χ4n) is 1.74. The van der Waals surface area contributed by atoms with Gasteiger partial charge in [-0.15, -0.1) is 5.10 Å². The van der Waals surface area contributed by atoms with E-state index in [4.69, 9.17) is 10.5 Å². The van der Waals surface area contributed by atoms with E-state index in [0.29, 0.717) is 30.3 Å². The van der Waals surface area contributed by atoms with Gasteiger partial charge in [0.2, 0.25) is 0 Å². The number of anilines is 1. The molecule has 19 heavy (non-hydrogen) atoms. The molecule has 0 aliphatic heterocycles. The van der Waals surface area contributed by atoms with E-state index in [-0.39, 0.29) is 6.04 Å². The van der Waals surface area contributed by atoms with Gasteiger partial charge in [0.15, 0.2) is 5.82 Å². The zero-order chi connectivity index (χ0) is 13.8. The molecule has 1 heterocycles. The summed E-state index contributed by atoms with van der Waals surface area (Å²) in [5, 5.41) is 11.4. The van der Waals surface area contributed by atoms with Crippen LogP contribution in [0.15, 0.2) is 18.2 Å². The topological polar surface area (TPSA) is 78.8 Å². The Morgan fingerprint density at radius 2 is 2.26 bits per heavy atom. The van der Waals surface area contributed by atoms with Gasteiger partial charge in [-0.25, -0.2) is 9.07 Å². The predicted molar refractivity (Wildman–Crippen MR) is 68.8 cm³/mol. The Morgan fingerprint density at radius 1 is 1.47 bits per heavy atom. The van der Waals surface area contributed by atoms with Crippen LogP contribution in [0.5, 0.6) is 0 Å². The van der Waals surface area contributed by atoms with Crippen molar-refractivity contribution in [3.8, 4) is 11.4 Å². The summed E-state index contributed by atoms with van der Waals surface area (Å²) in [6.45, 7) is 4.89. The summed E-state index contributed by atoms with van der Waals surface area (Å²) in [6, 6.07) is 4.36. The van der Waals surface area contributed by atoms with Crippen molar-refractivity contribution in [1.29, 1.82) is 0 Å². The fourth-order valence-corrected chi connectivity index (χ4v) is 1.74. The lowest BCUT2D eigenvalue weighted by Crippen LogP contribution is -2.15. The Labute approximate surface area is 110 Å². The second kappa shape index (κ2) is 5.75. The highest BCUT2D eigenvalue weighted by Crippen LogP contribution is 2.23. The lowest BCUT2D eigenvalue weighted by atomic mass is 10.1. The maximum absolute atomic E-state index is 13.9. The van der Waals surface area contributed by atoms with E-state index in [1.807, 2.05) is 13.8 Å². The van der Waals surface area contributed by atoms with Gasteiger partial charge in [0.25, 0.3) is 0 Å². The van der Waals surface area contributed by atoms with Crippen LogP contribution < -0.4 is 5.73 Å². The molecule has 6 nitrogen and oxygen atoms in total. The molecule has 7 heteroatoms. The number of aromatic nitrogens is 4. The minimum atomic E-state index is -0.445. The first-order valence-corrected chi connectivity index (χ1v) is 6.04. The van der Waals surface area contributed by atoms with Crippen LogP contribution in [0.3, 0.4) is 0 Å². The van der Waals surface area contributed by atoms with E-state index < -0.39 is 5.82 Å². The molecule has 1 aromatic carbocycles. The van der Waals surface area contributed by atoms with Crippen molar-refractivity contribution in [2.45, 2.75) is 19.9 Å². The first-order valence-electron chi connectivity index (χ1n) is 6.04. The number of ether oxygens (including phenoxy) is 1. The Kier molecular flexibility index (Phi) is 4.06. The SMILES string of the molecule is CCOCC(C)n1nnnc1-c1ccc(N)cc1F. The number of nitrogens with two attached hydrogens (primary N) is 1. The molecule has 2 rings (SSSR count). The van der Waals surface area contributed by atoms with E-state index in [0.717, 1.165) is 0 Å². The summed E-state index contributed by atoms with van der Waals surface area (Å²) < 4.78 is 20.8. The Balaban J connectivity index is 2.33. The average molecular weight is 265 g/mol. The van der Waals surface area contributed by atoms with Crippen molar-refractivity contribution >= 4 is 5.69 Å². The number of tetrazole rings is 1. The molecule has 0 radical (unpaired) electrons. The third kappa shape index (κ3) is 2.87. The smallest absolute Gasteiger partial charge is 0.185 e. The van der Waals surface area contributed by atoms with Gasteiger partial charge >= 0.3 is 0 Å². The average Bonchev–Trinajstić information content (AvgIpc) is 2.85. The Morgan fingerprint density at radius 3 is 2.95 bits per heavy atom. The molecular weight excluding hydrogens is 249 g/mol. The minimum Gasteiger partial charge on any atom is -0.399 e. The molecule has 0 spiro atoms. The second-order valence-corrected chi connectivity index (χ2v) is 4.19. The summed E-state index contributed by atoms with van der Waals surface area (Å²) in [6.07, 6.45) is 0. The van der Waals surface area contributed by atoms with Gasteiger partial charge in [-0.3, -0.25) is 0 Å². The van der Waals surface area contributed by atoms with Crippen LogP contribution in [-0.4, -0.2) is 33.4 Å². The number of benzene rings is 1. The zero-order valence-corrected chi connectivity index (χ0v) is 10.9. The molecule has 1 aromatic heterocycles. The van der Waals surface area contributed by atoms with E-state index in [1.165, 1.54) is 6.07 Å². The van der Waals surface area contributed by atoms with E-state index in [9.17, 15) is 4.39 Å². The van der Waals surface area contributed by atoms with E-state index in [1.54, 1.807) is 16.8 Å². The first kappa shape index (κ1) is 13.4. The molecule has 0 saturated carbocycles. The molecular formula is C12H16FN5O. The standard InChI is InChI=1S/C12H16FN5O/c1-3-19-7-8(2)18-12(15-16-17-18)10-5-4-9(14)6-11(10)13/h4-6,8H,3,7,14H2,1-2H3. The molecule has 0 aliphatic carbocycles. The number of nitrogens with zero attached hydrogens (tertiary/aromatic N) is 4.